The number of carbonyl (C=O) groups is 2. The lowest BCUT2D eigenvalue weighted by atomic mass is 9.96. The zero-order valence-electron chi connectivity index (χ0n) is 13.8. The van der Waals surface area contributed by atoms with Crippen LogP contribution in [0.25, 0.3) is 0 Å². The summed E-state index contributed by atoms with van der Waals surface area (Å²) in [5, 5.41) is 5.92. The molecule has 6 nitrogen and oxygen atoms in total. The number of halogens is 1. The fourth-order valence-corrected chi connectivity index (χ4v) is 3.20. The van der Waals surface area contributed by atoms with Crippen molar-refractivity contribution >= 4 is 33.6 Å². The SMILES string of the molecule is CC(C(=O)NC1CC1)N1CCCC(C(=O)Nc2ccc(Br)cn2)C1. The summed E-state index contributed by atoms with van der Waals surface area (Å²) in [5.74, 6) is 0.498. The molecule has 1 saturated carbocycles. The summed E-state index contributed by atoms with van der Waals surface area (Å²) in [6, 6.07) is 3.80. The van der Waals surface area contributed by atoms with E-state index in [4.69, 9.17) is 0 Å². The van der Waals surface area contributed by atoms with Gasteiger partial charge in [0.1, 0.15) is 5.82 Å². The first-order valence-corrected chi connectivity index (χ1v) is 9.29. The maximum atomic E-state index is 12.5. The van der Waals surface area contributed by atoms with Crippen LogP contribution in [0.5, 0.6) is 0 Å². The van der Waals surface area contributed by atoms with Crippen LogP contribution in [-0.2, 0) is 9.59 Å². The molecule has 3 rings (SSSR count). The monoisotopic (exact) mass is 394 g/mol. The molecule has 0 radical (unpaired) electrons. The molecule has 2 fully saturated rings. The van der Waals surface area contributed by atoms with Gasteiger partial charge in [0.2, 0.25) is 11.8 Å². The first kappa shape index (κ1) is 17.4. The third-order valence-electron chi connectivity index (χ3n) is 4.65. The van der Waals surface area contributed by atoms with E-state index < -0.39 is 0 Å². The van der Waals surface area contributed by atoms with Crippen LogP contribution in [0.1, 0.15) is 32.6 Å². The molecule has 1 aromatic rings. The largest absolute Gasteiger partial charge is 0.352 e. The lowest BCUT2D eigenvalue weighted by molar-refractivity contribution is -0.129. The smallest absolute Gasteiger partial charge is 0.237 e. The van der Waals surface area contributed by atoms with E-state index in [2.05, 4.69) is 36.4 Å². The van der Waals surface area contributed by atoms with Gasteiger partial charge in [-0.2, -0.15) is 0 Å². The topological polar surface area (TPSA) is 74.3 Å². The molecule has 2 amide bonds. The Balaban J connectivity index is 1.54. The maximum Gasteiger partial charge on any atom is 0.237 e. The minimum atomic E-state index is -0.188. The number of piperidine rings is 1. The van der Waals surface area contributed by atoms with Crippen molar-refractivity contribution in [1.82, 2.24) is 15.2 Å². The summed E-state index contributed by atoms with van der Waals surface area (Å²) < 4.78 is 0.875. The summed E-state index contributed by atoms with van der Waals surface area (Å²) >= 11 is 3.33. The van der Waals surface area contributed by atoms with Gasteiger partial charge in [-0.05, 0) is 67.2 Å². The minimum absolute atomic E-state index is 0.0238. The van der Waals surface area contributed by atoms with Crippen LogP contribution in [0.15, 0.2) is 22.8 Å². The molecule has 130 valence electrons. The first-order chi connectivity index (χ1) is 11.5. The van der Waals surface area contributed by atoms with Gasteiger partial charge in [-0.1, -0.05) is 0 Å². The van der Waals surface area contributed by atoms with Gasteiger partial charge in [0.15, 0.2) is 0 Å². The van der Waals surface area contributed by atoms with E-state index >= 15 is 0 Å². The van der Waals surface area contributed by atoms with Gasteiger partial charge in [0, 0.05) is 23.3 Å². The van der Waals surface area contributed by atoms with Crippen molar-refractivity contribution in [3.8, 4) is 0 Å². The normalized spacial score (nSPS) is 22.7. The second-order valence-corrected chi connectivity index (χ2v) is 7.56. The Bertz CT molecular complexity index is 603. The molecule has 2 atom stereocenters. The number of carbonyl (C=O) groups excluding carboxylic acids is 2. The minimum Gasteiger partial charge on any atom is -0.352 e. The summed E-state index contributed by atoms with van der Waals surface area (Å²) in [6.45, 7) is 3.40. The van der Waals surface area contributed by atoms with E-state index in [-0.39, 0.29) is 23.8 Å². The number of amides is 2. The van der Waals surface area contributed by atoms with Crippen LogP contribution in [0.4, 0.5) is 5.82 Å². The highest BCUT2D eigenvalue weighted by molar-refractivity contribution is 9.10. The van der Waals surface area contributed by atoms with Crippen molar-refractivity contribution in [1.29, 1.82) is 0 Å². The van der Waals surface area contributed by atoms with Gasteiger partial charge < -0.3 is 10.6 Å². The summed E-state index contributed by atoms with van der Waals surface area (Å²) in [6.07, 6.45) is 5.60. The van der Waals surface area contributed by atoms with E-state index in [1.165, 1.54) is 0 Å². The van der Waals surface area contributed by atoms with Crippen LogP contribution < -0.4 is 10.6 Å². The van der Waals surface area contributed by atoms with Crippen LogP contribution in [0, 0.1) is 5.92 Å². The van der Waals surface area contributed by atoms with Crippen LogP contribution in [0.3, 0.4) is 0 Å². The highest BCUT2D eigenvalue weighted by Gasteiger charge is 2.33. The second-order valence-electron chi connectivity index (χ2n) is 6.64. The van der Waals surface area contributed by atoms with E-state index in [1.807, 2.05) is 13.0 Å². The Morgan fingerprint density at radius 1 is 1.33 bits per heavy atom. The fraction of sp³-hybridized carbons (Fsp3) is 0.588. The third kappa shape index (κ3) is 4.54. The van der Waals surface area contributed by atoms with Gasteiger partial charge in [-0.25, -0.2) is 4.98 Å². The van der Waals surface area contributed by atoms with Crippen LogP contribution in [0.2, 0.25) is 0 Å². The Morgan fingerprint density at radius 3 is 2.79 bits per heavy atom. The molecule has 0 bridgehead atoms. The molecule has 24 heavy (non-hydrogen) atoms. The Hall–Kier alpha value is -1.47. The fourth-order valence-electron chi connectivity index (χ4n) is 2.97. The van der Waals surface area contributed by atoms with E-state index in [0.717, 1.165) is 36.7 Å². The lowest BCUT2D eigenvalue weighted by Gasteiger charge is -2.35. The number of rotatable bonds is 5. The second kappa shape index (κ2) is 7.61. The number of nitrogens with one attached hydrogen (secondary N) is 2. The van der Waals surface area contributed by atoms with E-state index in [9.17, 15) is 9.59 Å². The van der Waals surface area contributed by atoms with Crippen molar-refractivity contribution in [2.75, 3.05) is 18.4 Å². The summed E-state index contributed by atoms with van der Waals surface area (Å²) in [4.78, 5) is 31.0. The Morgan fingerprint density at radius 2 is 2.12 bits per heavy atom. The predicted octanol–water partition coefficient (Wildman–Crippen LogP) is 2.16. The van der Waals surface area contributed by atoms with Crippen molar-refractivity contribution < 1.29 is 9.59 Å². The first-order valence-electron chi connectivity index (χ1n) is 8.50. The average molecular weight is 395 g/mol. The molecule has 1 saturated heterocycles. The average Bonchev–Trinajstić information content (AvgIpc) is 3.40. The number of hydrogen-bond acceptors (Lipinski definition) is 4. The third-order valence-corrected chi connectivity index (χ3v) is 5.12. The number of likely N-dealkylation sites (tertiary alicyclic amines) is 1. The van der Waals surface area contributed by atoms with E-state index in [0.29, 0.717) is 18.4 Å². The predicted molar refractivity (Wildman–Crippen MR) is 95.5 cm³/mol. The molecule has 7 heteroatoms. The number of pyridine rings is 1. The Labute approximate surface area is 150 Å². The van der Waals surface area contributed by atoms with Crippen LogP contribution in [-0.4, -0.2) is 46.9 Å². The molecular weight excluding hydrogens is 372 g/mol. The molecule has 2 heterocycles. The number of hydrogen-bond donors (Lipinski definition) is 2. The summed E-state index contributed by atoms with van der Waals surface area (Å²) in [7, 11) is 0. The summed E-state index contributed by atoms with van der Waals surface area (Å²) in [5.41, 5.74) is 0. The number of anilines is 1. The zero-order chi connectivity index (χ0) is 17.1. The molecule has 1 aromatic heterocycles. The van der Waals surface area contributed by atoms with Gasteiger partial charge in [-0.3, -0.25) is 14.5 Å². The van der Waals surface area contributed by atoms with Crippen LogP contribution >= 0.6 is 15.9 Å². The number of nitrogens with zero attached hydrogens (tertiary/aromatic N) is 2. The molecule has 2 unspecified atom stereocenters. The standard InChI is InChI=1S/C17H23BrN4O2/c1-11(16(23)20-14-5-6-14)22-8-2-3-12(10-22)17(24)21-15-7-4-13(18)9-19-15/h4,7,9,11-12,14H,2-3,5-6,8,10H2,1H3,(H,20,23)(H,19,21,24). The lowest BCUT2D eigenvalue weighted by Crippen LogP contribution is -2.51. The molecule has 1 aliphatic heterocycles. The van der Waals surface area contributed by atoms with Gasteiger partial charge in [0.25, 0.3) is 0 Å². The molecular formula is C17H23BrN4O2. The molecule has 0 spiro atoms. The molecule has 2 N–H and O–H groups in total. The molecule has 1 aliphatic carbocycles. The highest BCUT2D eigenvalue weighted by atomic mass is 79.9. The number of aromatic nitrogens is 1. The van der Waals surface area contributed by atoms with Gasteiger partial charge in [0.05, 0.1) is 12.0 Å². The maximum absolute atomic E-state index is 12.5. The van der Waals surface area contributed by atoms with Crippen molar-refractivity contribution in [3.63, 3.8) is 0 Å². The van der Waals surface area contributed by atoms with Gasteiger partial charge in [-0.15, -0.1) is 0 Å². The molecule has 0 aromatic carbocycles. The van der Waals surface area contributed by atoms with Gasteiger partial charge >= 0.3 is 0 Å². The zero-order valence-corrected chi connectivity index (χ0v) is 15.4. The molecule has 2 aliphatic rings. The van der Waals surface area contributed by atoms with E-state index in [1.54, 1.807) is 12.3 Å². The Kier molecular flexibility index (Phi) is 5.50. The highest BCUT2D eigenvalue weighted by Crippen LogP contribution is 2.22. The van der Waals surface area contributed by atoms with Crippen molar-refractivity contribution in [2.45, 2.75) is 44.7 Å². The quantitative estimate of drug-likeness (QED) is 0.802. The van der Waals surface area contributed by atoms with Crippen molar-refractivity contribution in [3.05, 3.63) is 22.8 Å². The van der Waals surface area contributed by atoms with Crippen molar-refractivity contribution in [2.24, 2.45) is 5.92 Å².